The minimum atomic E-state index is -4.10. The van der Waals surface area contributed by atoms with Crippen LogP contribution in [-0.2, 0) is 67.3 Å². The number of hydrogen-bond acceptors (Lipinski definition) is 16. The second-order valence-corrected chi connectivity index (χ2v) is 18.1. The molecule has 0 atom stereocenters. The summed E-state index contributed by atoms with van der Waals surface area (Å²) in [6.07, 6.45) is 10.5. The Morgan fingerprint density at radius 1 is 0.462 bits per heavy atom. The lowest BCUT2D eigenvalue weighted by atomic mass is 9.87. The third-order valence-corrected chi connectivity index (χ3v) is 15.3. The van der Waals surface area contributed by atoms with Crippen LogP contribution in [0.3, 0.4) is 0 Å². The third kappa shape index (κ3) is 5.70. The number of aliphatic hydroxyl groups excluding tert-OH is 2. The van der Waals surface area contributed by atoms with E-state index in [0.717, 1.165) is 49.3 Å². The maximum atomic E-state index is 13.1. The monoisotopic (exact) mass is 764 g/mol. The fourth-order valence-electron chi connectivity index (χ4n) is 7.69. The molecule has 0 bridgehead atoms. The van der Waals surface area contributed by atoms with Crippen LogP contribution >= 0.6 is 0 Å². The number of carbonyl (C=O) groups excluding carboxylic acids is 4. The number of hydrogen-bond donors (Lipinski definition) is 2. The molecule has 0 aromatic carbocycles. The number of sulfone groups is 2. The number of esters is 4. The predicted molar refractivity (Wildman–Crippen MR) is 174 cm³/mol. The van der Waals surface area contributed by atoms with Crippen molar-refractivity contribution in [3.8, 4) is 0 Å². The van der Waals surface area contributed by atoms with E-state index in [4.69, 9.17) is 28.4 Å². The van der Waals surface area contributed by atoms with Gasteiger partial charge in [0, 0.05) is 51.4 Å². The molecule has 4 heterocycles. The van der Waals surface area contributed by atoms with Crippen molar-refractivity contribution in [2.24, 2.45) is 0 Å². The molecule has 280 valence electrons. The molecule has 0 amide bonds. The molecule has 0 radical (unpaired) electrons. The zero-order valence-electron chi connectivity index (χ0n) is 27.8. The molecule has 7 rings (SSSR count). The average molecular weight is 765 g/mol. The van der Waals surface area contributed by atoms with E-state index in [1.165, 1.54) is 0 Å². The van der Waals surface area contributed by atoms with Crippen molar-refractivity contribution in [1.82, 2.24) is 0 Å². The summed E-state index contributed by atoms with van der Waals surface area (Å²) in [7, 11) is -8.20. The Balaban J connectivity index is 1.00. The molecule has 2 N–H and O–H groups in total. The molecule has 52 heavy (non-hydrogen) atoms. The maximum Gasteiger partial charge on any atom is 0.351 e. The SMILES string of the molecule is O=C1OC2(CCCCC2)S(=O)(=O)C1=CC=CC1=C(O)OC2(CCC3(CC2)OC(=O)C(C=CC=C2C(=O)OC4(CCCCC4)S2(=O)=O)=C(O)O3)OC1=O. The van der Waals surface area contributed by atoms with E-state index >= 15 is 0 Å². The zero-order chi connectivity index (χ0) is 37.2. The summed E-state index contributed by atoms with van der Waals surface area (Å²) < 4.78 is 85.3. The van der Waals surface area contributed by atoms with Gasteiger partial charge in [-0.3, -0.25) is 0 Å². The summed E-state index contributed by atoms with van der Waals surface area (Å²) in [6.45, 7) is 0. The van der Waals surface area contributed by atoms with Gasteiger partial charge in [0.15, 0.2) is 9.81 Å². The van der Waals surface area contributed by atoms with Crippen molar-refractivity contribution in [3.63, 3.8) is 0 Å². The Bertz CT molecular complexity index is 1880. The topological polar surface area (TPSA) is 232 Å². The number of aliphatic hydroxyl groups is 2. The number of allylic oxidation sites excluding steroid dienone is 4. The van der Waals surface area contributed by atoms with Gasteiger partial charge in [0.1, 0.15) is 11.1 Å². The second-order valence-electron chi connectivity index (χ2n) is 13.8. The van der Waals surface area contributed by atoms with Crippen LogP contribution in [-0.4, -0.2) is 72.4 Å². The summed E-state index contributed by atoms with van der Waals surface area (Å²) in [5, 5.41) is 21.3. The van der Waals surface area contributed by atoms with E-state index < -0.39 is 97.8 Å². The molecular weight excluding hydrogens is 728 g/mol. The minimum Gasteiger partial charge on any atom is -0.480 e. The van der Waals surface area contributed by atoms with Gasteiger partial charge >= 0.3 is 23.9 Å². The molecule has 4 spiro atoms. The smallest absolute Gasteiger partial charge is 0.351 e. The van der Waals surface area contributed by atoms with Crippen molar-refractivity contribution in [1.29, 1.82) is 0 Å². The van der Waals surface area contributed by atoms with E-state index in [9.17, 15) is 46.2 Å². The van der Waals surface area contributed by atoms with Gasteiger partial charge in [-0.1, -0.05) is 25.0 Å². The second kappa shape index (κ2) is 12.5. The molecule has 5 fully saturated rings. The summed E-state index contributed by atoms with van der Waals surface area (Å²) in [5.41, 5.74) is -0.891. The minimum absolute atomic E-state index is 0.157. The Hall–Kier alpha value is -4.58. The van der Waals surface area contributed by atoms with E-state index in [1.54, 1.807) is 0 Å². The number of ether oxygens (including phenoxy) is 6. The van der Waals surface area contributed by atoms with Crippen LogP contribution in [0.4, 0.5) is 0 Å². The quantitative estimate of drug-likeness (QED) is 0.236. The van der Waals surface area contributed by atoms with Gasteiger partial charge in [0.25, 0.3) is 23.5 Å². The van der Waals surface area contributed by atoms with Crippen molar-refractivity contribution < 1.29 is 74.6 Å². The molecule has 4 aliphatic heterocycles. The van der Waals surface area contributed by atoms with Crippen molar-refractivity contribution in [2.75, 3.05) is 0 Å². The van der Waals surface area contributed by atoms with Crippen LogP contribution in [0.25, 0.3) is 0 Å². The van der Waals surface area contributed by atoms with E-state index in [1.807, 2.05) is 0 Å². The Morgan fingerprint density at radius 3 is 1.13 bits per heavy atom. The summed E-state index contributed by atoms with van der Waals surface area (Å²) in [6, 6.07) is 0. The molecule has 0 unspecified atom stereocenters. The summed E-state index contributed by atoms with van der Waals surface area (Å²) in [5.74, 6) is -9.03. The van der Waals surface area contributed by atoms with Crippen LogP contribution in [0.1, 0.15) is 89.9 Å². The number of rotatable bonds is 4. The first-order chi connectivity index (χ1) is 24.6. The standard InChI is InChI=1S/C34H36O16S2/c35-25-21(9-7-11-23-29(39)49-33(51(23,41)42)13-3-1-4-14-33)26(36)46-31(45-25)17-19-32(20-18-31)47-27(37)22(28(38)48-32)10-8-12-24-30(40)50-34(52(24,43)44)15-5-2-6-16-34/h7-12,35,37H,1-6,13-20H2. The Morgan fingerprint density at radius 2 is 0.808 bits per heavy atom. The first-order valence-electron chi connectivity index (χ1n) is 17.0. The van der Waals surface area contributed by atoms with Crippen molar-refractivity contribution >= 4 is 43.6 Å². The normalized spacial score (nSPS) is 33.6. The zero-order valence-corrected chi connectivity index (χ0v) is 29.4. The lowest BCUT2D eigenvalue weighted by Gasteiger charge is -2.46. The highest BCUT2D eigenvalue weighted by Crippen LogP contribution is 2.48. The van der Waals surface area contributed by atoms with Crippen molar-refractivity contribution in [2.45, 2.75) is 111 Å². The van der Waals surface area contributed by atoms with Gasteiger partial charge in [-0.25, -0.2) is 36.0 Å². The van der Waals surface area contributed by atoms with Gasteiger partial charge in [-0.05, 0) is 50.0 Å². The summed E-state index contributed by atoms with van der Waals surface area (Å²) >= 11 is 0. The number of carbonyl (C=O) groups is 4. The van der Waals surface area contributed by atoms with E-state index in [-0.39, 0.29) is 51.4 Å². The highest BCUT2D eigenvalue weighted by atomic mass is 32.2. The molecule has 3 saturated carbocycles. The van der Waals surface area contributed by atoms with Crippen molar-refractivity contribution in [3.05, 3.63) is 69.3 Å². The van der Waals surface area contributed by atoms with Gasteiger partial charge < -0.3 is 38.6 Å². The Kier molecular flexibility index (Phi) is 8.63. The molecular formula is C34H36O16S2. The first kappa shape index (κ1) is 35.8. The highest BCUT2D eigenvalue weighted by molar-refractivity contribution is 7.98. The lowest BCUT2D eigenvalue weighted by molar-refractivity contribution is -0.302. The molecule has 0 aromatic rings. The first-order valence-corrected chi connectivity index (χ1v) is 20.0. The average Bonchev–Trinajstić information content (AvgIpc) is 3.37. The fraction of sp³-hybridized carbons (Fsp3) is 0.529. The van der Waals surface area contributed by atoms with Crippen LogP contribution in [0.2, 0.25) is 0 Å². The fourth-order valence-corrected chi connectivity index (χ4v) is 11.6. The van der Waals surface area contributed by atoms with Crippen LogP contribution < -0.4 is 0 Å². The predicted octanol–water partition coefficient (Wildman–Crippen LogP) is 3.78. The van der Waals surface area contributed by atoms with Crippen LogP contribution in [0.15, 0.2) is 69.3 Å². The largest absolute Gasteiger partial charge is 0.480 e. The molecule has 7 aliphatic rings. The maximum absolute atomic E-state index is 13.1. The molecule has 16 nitrogen and oxygen atoms in total. The molecule has 0 aromatic heterocycles. The van der Waals surface area contributed by atoms with Crippen LogP contribution in [0, 0.1) is 0 Å². The lowest BCUT2D eigenvalue weighted by Crippen LogP contribution is -2.53. The van der Waals surface area contributed by atoms with Gasteiger partial charge in [0.2, 0.25) is 29.5 Å². The highest BCUT2D eigenvalue weighted by Gasteiger charge is 2.59. The molecule has 3 aliphatic carbocycles. The summed E-state index contributed by atoms with van der Waals surface area (Å²) in [4.78, 5) is 46.5. The van der Waals surface area contributed by atoms with Gasteiger partial charge in [-0.2, -0.15) is 0 Å². The van der Waals surface area contributed by atoms with Crippen LogP contribution in [0.5, 0.6) is 0 Å². The van der Waals surface area contributed by atoms with E-state index in [0.29, 0.717) is 25.7 Å². The van der Waals surface area contributed by atoms with Gasteiger partial charge in [0.05, 0.1) is 0 Å². The molecule has 2 saturated heterocycles. The van der Waals surface area contributed by atoms with Gasteiger partial charge in [-0.15, -0.1) is 0 Å². The molecule has 18 heteroatoms. The van der Waals surface area contributed by atoms with E-state index in [2.05, 4.69) is 0 Å². The Labute approximate surface area is 298 Å². The third-order valence-electron chi connectivity index (χ3n) is 10.6.